The average molecular weight is 433 g/mol. The fourth-order valence-corrected chi connectivity index (χ4v) is 4.76. The molecule has 2 aromatic rings. The first-order chi connectivity index (χ1) is 14.6. The second kappa shape index (κ2) is 9.53. The Morgan fingerprint density at radius 3 is 2.57 bits per heavy atom. The molecule has 1 saturated heterocycles. The van der Waals surface area contributed by atoms with Crippen molar-refractivity contribution in [3.8, 4) is 5.75 Å². The summed E-state index contributed by atoms with van der Waals surface area (Å²) in [4.78, 5) is 34.3. The van der Waals surface area contributed by atoms with Crippen LogP contribution in [0.2, 0.25) is 0 Å². The predicted octanol–water partition coefficient (Wildman–Crippen LogP) is 2.32. The molecule has 0 bridgehead atoms. The molecule has 1 fully saturated rings. The maximum Gasteiger partial charge on any atom is 0.260 e. The molecule has 0 saturated carbocycles. The number of amides is 2. The van der Waals surface area contributed by atoms with Gasteiger partial charge in [-0.25, -0.2) is 9.37 Å². The minimum absolute atomic E-state index is 0.0690. The number of nitrogens with zero attached hydrogens (tertiary/aromatic N) is 3. The maximum atomic E-state index is 12.9. The summed E-state index contributed by atoms with van der Waals surface area (Å²) in [6, 6.07) is 5.59. The van der Waals surface area contributed by atoms with E-state index in [1.54, 1.807) is 16.2 Å². The van der Waals surface area contributed by atoms with Crippen molar-refractivity contribution in [1.29, 1.82) is 0 Å². The highest BCUT2D eigenvalue weighted by Crippen LogP contribution is 2.29. The Hall–Kier alpha value is -2.52. The molecule has 1 aliphatic heterocycles. The van der Waals surface area contributed by atoms with E-state index in [0.29, 0.717) is 43.6 Å². The summed E-state index contributed by atoms with van der Waals surface area (Å²) in [7, 11) is 0. The SMILES string of the molecule is O=C(CN1CCN(C(=O)COc2ccc(F)cc2)CC1)Nc1nc2c(s1)CCCC2. The average Bonchev–Trinajstić information content (AvgIpc) is 3.15. The van der Waals surface area contributed by atoms with Crippen molar-refractivity contribution in [3.63, 3.8) is 0 Å². The van der Waals surface area contributed by atoms with Crippen LogP contribution < -0.4 is 10.1 Å². The molecule has 0 radical (unpaired) electrons. The Morgan fingerprint density at radius 1 is 1.10 bits per heavy atom. The predicted molar refractivity (Wildman–Crippen MR) is 112 cm³/mol. The summed E-state index contributed by atoms with van der Waals surface area (Å²) < 4.78 is 18.3. The standard InChI is InChI=1S/C21H25FN4O3S/c22-15-5-7-16(8-6-15)29-14-20(28)26-11-9-25(10-12-26)13-19(27)24-21-23-17-3-1-2-4-18(17)30-21/h5-8H,1-4,9-14H2,(H,23,24,27). The highest BCUT2D eigenvalue weighted by molar-refractivity contribution is 7.15. The number of piperazine rings is 1. The fourth-order valence-electron chi connectivity index (χ4n) is 3.69. The zero-order valence-electron chi connectivity index (χ0n) is 16.7. The number of thiazole rings is 1. The summed E-state index contributed by atoms with van der Waals surface area (Å²) in [6.07, 6.45) is 4.43. The molecule has 1 N–H and O–H groups in total. The normalized spacial score (nSPS) is 16.8. The zero-order valence-corrected chi connectivity index (χ0v) is 17.5. The molecule has 7 nitrogen and oxygen atoms in total. The molecule has 2 heterocycles. The lowest BCUT2D eigenvalue weighted by molar-refractivity contribution is -0.135. The third-order valence-electron chi connectivity index (χ3n) is 5.36. The first-order valence-corrected chi connectivity index (χ1v) is 11.1. The Morgan fingerprint density at radius 2 is 1.83 bits per heavy atom. The number of halogens is 1. The molecule has 1 aromatic carbocycles. The van der Waals surface area contributed by atoms with Gasteiger partial charge in [-0.2, -0.15) is 0 Å². The molecule has 30 heavy (non-hydrogen) atoms. The number of fused-ring (bicyclic) bond motifs is 1. The minimum atomic E-state index is -0.344. The van der Waals surface area contributed by atoms with Crippen molar-refractivity contribution < 1.29 is 18.7 Å². The Kier molecular flexibility index (Phi) is 6.59. The molecule has 9 heteroatoms. The molecule has 2 amide bonds. The van der Waals surface area contributed by atoms with E-state index in [4.69, 9.17) is 4.74 Å². The Balaban J connectivity index is 1.18. The van der Waals surface area contributed by atoms with Crippen LogP contribution in [0.4, 0.5) is 9.52 Å². The number of rotatable bonds is 6. The van der Waals surface area contributed by atoms with Crippen molar-refractivity contribution in [2.75, 3.05) is 44.6 Å². The van der Waals surface area contributed by atoms with Crippen molar-refractivity contribution in [3.05, 3.63) is 40.7 Å². The van der Waals surface area contributed by atoms with Crippen LogP contribution in [0, 0.1) is 5.82 Å². The van der Waals surface area contributed by atoms with Gasteiger partial charge in [0.2, 0.25) is 5.91 Å². The second-order valence-electron chi connectivity index (χ2n) is 7.54. The topological polar surface area (TPSA) is 74.8 Å². The maximum absolute atomic E-state index is 12.9. The highest BCUT2D eigenvalue weighted by atomic mass is 32.1. The van der Waals surface area contributed by atoms with Crippen LogP contribution in [0.5, 0.6) is 5.75 Å². The van der Waals surface area contributed by atoms with Gasteiger partial charge >= 0.3 is 0 Å². The van der Waals surface area contributed by atoms with Gasteiger partial charge in [0.1, 0.15) is 11.6 Å². The largest absolute Gasteiger partial charge is 0.484 e. The molecule has 0 atom stereocenters. The summed E-state index contributed by atoms with van der Waals surface area (Å²) >= 11 is 1.59. The van der Waals surface area contributed by atoms with Crippen LogP contribution in [0.15, 0.2) is 24.3 Å². The lowest BCUT2D eigenvalue weighted by atomic mass is 10.0. The van der Waals surface area contributed by atoms with Crippen LogP contribution in [0.3, 0.4) is 0 Å². The Labute approximate surface area is 178 Å². The number of anilines is 1. The van der Waals surface area contributed by atoms with Gasteiger partial charge in [0.05, 0.1) is 12.2 Å². The van der Waals surface area contributed by atoms with Crippen molar-refractivity contribution in [2.45, 2.75) is 25.7 Å². The van der Waals surface area contributed by atoms with Crippen molar-refractivity contribution in [2.24, 2.45) is 0 Å². The molecule has 2 aliphatic rings. The quantitative estimate of drug-likeness (QED) is 0.758. The van der Waals surface area contributed by atoms with Crippen LogP contribution in [0.25, 0.3) is 0 Å². The van der Waals surface area contributed by atoms with E-state index in [9.17, 15) is 14.0 Å². The molecule has 0 spiro atoms. The molecule has 1 aliphatic carbocycles. The number of aromatic nitrogens is 1. The molecule has 0 unspecified atom stereocenters. The smallest absolute Gasteiger partial charge is 0.260 e. The number of hydrogen-bond acceptors (Lipinski definition) is 6. The highest BCUT2D eigenvalue weighted by Gasteiger charge is 2.23. The van der Waals surface area contributed by atoms with E-state index >= 15 is 0 Å². The third-order valence-corrected chi connectivity index (χ3v) is 6.43. The summed E-state index contributed by atoms with van der Waals surface area (Å²) in [5.74, 6) is -0.0653. The molecule has 160 valence electrons. The summed E-state index contributed by atoms with van der Waals surface area (Å²) in [5, 5.41) is 3.62. The lowest BCUT2D eigenvalue weighted by Gasteiger charge is -2.34. The van der Waals surface area contributed by atoms with Crippen LogP contribution in [0.1, 0.15) is 23.4 Å². The van der Waals surface area contributed by atoms with E-state index in [0.717, 1.165) is 18.5 Å². The number of hydrogen-bond donors (Lipinski definition) is 1. The number of carbonyl (C=O) groups is 2. The van der Waals surface area contributed by atoms with Crippen LogP contribution in [-0.2, 0) is 22.4 Å². The van der Waals surface area contributed by atoms with Gasteiger partial charge in [0.15, 0.2) is 11.7 Å². The van der Waals surface area contributed by atoms with Gasteiger partial charge in [-0.15, -0.1) is 11.3 Å². The van der Waals surface area contributed by atoms with Gasteiger partial charge in [-0.1, -0.05) is 0 Å². The van der Waals surface area contributed by atoms with E-state index in [-0.39, 0.29) is 24.2 Å². The van der Waals surface area contributed by atoms with Crippen molar-refractivity contribution in [1.82, 2.24) is 14.8 Å². The van der Waals surface area contributed by atoms with E-state index < -0.39 is 0 Å². The third kappa shape index (κ3) is 5.34. The van der Waals surface area contributed by atoms with Gasteiger partial charge in [-0.3, -0.25) is 14.5 Å². The molecular weight excluding hydrogens is 407 g/mol. The van der Waals surface area contributed by atoms with Gasteiger partial charge < -0.3 is 15.0 Å². The number of nitrogens with one attached hydrogen (secondary N) is 1. The number of carbonyl (C=O) groups excluding carboxylic acids is 2. The van der Waals surface area contributed by atoms with Crippen LogP contribution in [-0.4, -0.2) is 65.9 Å². The molecular formula is C21H25FN4O3S. The first kappa shape index (κ1) is 20.7. The second-order valence-corrected chi connectivity index (χ2v) is 8.63. The molecule has 4 rings (SSSR count). The van der Waals surface area contributed by atoms with Gasteiger partial charge in [-0.05, 0) is 49.9 Å². The first-order valence-electron chi connectivity index (χ1n) is 10.2. The number of aryl methyl sites for hydroxylation is 2. The zero-order chi connectivity index (χ0) is 20.9. The minimum Gasteiger partial charge on any atom is -0.484 e. The fraction of sp³-hybridized carbons (Fsp3) is 0.476. The summed E-state index contributed by atoms with van der Waals surface area (Å²) in [5.41, 5.74) is 1.14. The van der Waals surface area contributed by atoms with Crippen molar-refractivity contribution >= 4 is 28.3 Å². The van der Waals surface area contributed by atoms with Crippen LogP contribution >= 0.6 is 11.3 Å². The van der Waals surface area contributed by atoms with E-state index in [2.05, 4.69) is 10.3 Å². The Bertz CT molecular complexity index is 871. The summed E-state index contributed by atoms with van der Waals surface area (Å²) in [6.45, 7) is 2.56. The number of ether oxygens (including phenoxy) is 1. The molecule has 1 aromatic heterocycles. The number of benzene rings is 1. The van der Waals surface area contributed by atoms with E-state index in [1.807, 2.05) is 4.90 Å². The van der Waals surface area contributed by atoms with Gasteiger partial charge in [0.25, 0.3) is 5.91 Å². The monoisotopic (exact) mass is 432 g/mol. The van der Waals surface area contributed by atoms with Gasteiger partial charge in [0, 0.05) is 31.1 Å². The van der Waals surface area contributed by atoms with E-state index in [1.165, 1.54) is 42.0 Å². The lowest BCUT2D eigenvalue weighted by Crippen LogP contribution is -2.51.